The number of alkyl halides is 3. The fourth-order valence-electron chi connectivity index (χ4n) is 4.41. The van der Waals surface area contributed by atoms with E-state index in [0.717, 1.165) is 6.42 Å². The highest BCUT2D eigenvalue weighted by Crippen LogP contribution is 2.49. The number of benzene rings is 1. The number of carbonyl (C=O) groups is 2. The summed E-state index contributed by atoms with van der Waals surface area (Å²) in [6.45, 7) is 5.14. The molecule has 1 saturated heterocycles. The Balaban J connectivity index is 1.55. The quantitative estimate of drug-likeness (QED) is 0.647. The predicted molar refractivity (Wildman–Crippen MR) is 103 cm³/mol. The van der Waals surface area contributed by atoms with Crippen LogP contribution in [0.5, 0.6) is 0 Å². The van der Waals surface area contributed by atoms with Gasteiger partial charge in [-0.3, -0.25) is 9.69 Å². The summed E-state index contributed by atoms with van der Waals surface area (Å²) < 4.78 is 72.8. The summed E-state index contributed by atoms with van der Waals surface area (Å²) in [5.74, 6) is -3.39. The van der Waals surface area contributed by atoms with Crippen LogP contribution in [0.2, 0.25) is 0 Å². The maximum absolute atomic E-state index is 14.6. The van der Waals surface area contributed by atoms with Gasteiger partial charge in [0, 0.05) is 11.6 Å². The molecule has 4 rings (SSSR count). The molecule has 176 valence electrons. The number of rotatable bonds is 4. The van der Waals surface area contributed by atoms with E-state index in [1.807, 2.05) is 0 Å². The Morgan fingerprint density at radius 3 is 2.31 bits per heavy atom. The Labute approximate surface area is 182 Å². The fourth-order valence-corrected chi connectivity index (χ4v) is 4.41. The van der Waals surface area contributed by atoms with Crippen molar-refractivity contribution in [3.63, 3.8) is 0 Å². The number of piperidine rings is 1. The van der Waals surface area contributed by atoms with Crippen molar-refractivity contribution in [3.05, 3.63) is 34.9 Å². The monoisotopic (exact) mass is 460 g/mol. The van der Waals surface area contributed by atoms with Crippen molar-refractivity contribution < 1.29 is 36.3 Å². The maximum atomic E-state index is 14.6. The van der Waals surface area contributed by atoms with Crippen molar-refractivity contribution in [2.45, 2.75) is 76.4 Å². The first-order valence-electron chi connectivity index (χ1n) is 10.6. The smallest absolute Gasteiger partial charge is 0.419 e. The Kier molecular flexibility index (Phi) is 5.40. The van der Waals surface area contributed by atoms with Gasteiger partial charge >= 0.3 is 12.3 Å². The summed E-state index contributed by atoms with van der Waals surface area (Å²) >= 11 is 0. The summed E-state index contributed by atoms with van der Waals surface area (Å²) in [6, 6.07) is -1.25. The third kappa shape index (κ3) is 4.54. The number of carbonyl (C=O) groups excluding carboxylic acids is 2. The molecule has 3 aliphatic rings. The van der Waals surface area contributed by atoms with Crippen molar-refractivity contribution in [1.82, 2.24) is 10.2 Å². The number of nitrogens with zero attached hydrogens (tertiary/aromatic N) is 1. The first-order valence-corrected chi connectivity index (χ1v) is 10.6. The van der Waals surface area contributed by atoms with Gasteiger partial charge in [-0.05, 0) is 70.4 Å². The van der Waals surface area contributed by atoms with Crippen molar-refractivity contribution in [2.75, 3.05) is 0 Å². The third-order valence-electron chi connectivity index (χ3n) is 6.13. The topological polar surface area (TPSA) is 58.6 Å². The lowest BCUT2D eigenvalue weighted by Crippen LogP contribution is -2.50. The molecule has 0 unspecified atom stereocenters. The van der Waals surface area contributed by atoms with Crippen LogP contribution in [-0.2, 0) is 15.7 Å². The lowest BCUT2D eigenvalue weighted by molar-refractivity contribution is -0.140. The molecule has 10 heteroatoms. The number of halogens is 5. The van der Waals surface area contributed by atoms with Gasteiger partial charge in [-0.15, -0.1) is 0 Å². The summed E-state index contributed by atoms with van der Waals surface area (Å²) in [5.41, 5.74) is -2.76. The molecule has 1 aliphatic heterocycles. The van der Waals surface area contributed by atoms with Gasteiger partial charge < -0.3 is 10.1 Å². The van der Waals surface area contributed by atoms with E-state index in [1.165, 1.54) is 4.90 Å². The fraction of sp³-hybridized carbons (Fsp3) is 0.636. The highest BCUT2D eigenvalue weighted by Gasteiger charge is 2.57. The molecule has 2 aliphatic carbocycles. The van der Waals surface area contributed by atoms with E-state index < -0.39 is 53.1 Å². The highest BCUT2D eigenvalue weighted by atomic mass is 19.4. The second-order valence-electron chi connectivity index (χ2n) is 9.88. The van der Waals surface area contributed by atoms with Gasteiger partial charge in [-0.1, -0.05) is 0 Å². The lowest BCUT2D eigenvalue weighted by Gasteiger charge is -2.31. The van der Waals surface area contributed by atoms with Gasteiger partial charge in [-0.2, -0.15) is 13.2 Å². The molecule has 0 aromatic heterocycles. The average molecular weight is 460 g/mol. The lowest BCUT2D eigenvalue weighted by atomic mass is 9.98. The molecular weight excluding hydrogens is 435 g/mol. The van der Waals surface area contributed by atoms with Crippen LogP contribution < -0.4 is 5.32 Å². The standard InChI is InChI=1S/C22H25F5N2O3/c1-21(2,3)32-20(31)29-16-6-11(16)7-17(29)19(30)28-18(10-4-5-10)12-8-15(24)13(9-14(12)23)22(25,26)27/h8-11,16-18H,4-7H2,1-3H3,(H,28,30)/t11-,16-,17-,18-/m1/s1. The van der Waals surface area contributed by atoms with E-state index in [2.05, 4.69) is 5.32 Å². The predicted octanol–water partition coefficient (Wildman–Crippen LogP) is 4.95. The average Bonchev–Trinajstić information content (AvgIpc) is 3.57. The second-order valence-corrected chi connectivity index (χ2v) is 9.88. The van der Waals surface area contributed by atoms with Crippen molar-refractivity contribution in [2.24, 2.45) is 11.8 Å². The number of ether oxygens (including phenoxy) is 1. The summed E-state index contributed by atoms with van der Waals surface area (Å²) in [5, 5.41) is 2.68. The zero-order chi connectivity index (χ0) is 23.6. The van der Waals surface area contributed by atoms with Crippen molar-refractivity contribution >= 4 is 12.0 Å². The van der Waals surface area contributed by atoms with E-state index in [9.17, 15) is 31.5 Å². The normalized spacial score (nSPS) is 25.9. The summed E-state index contributed by atoms with van der Waals surface area (Å²) in [4.78, 5) is 27.1. The van der Waals surface area contributed by atoms with E-state index in [1.54, 1.807) is 20.8 Å². The molecule has 1 aromatic carbocycles. The zero-order valence-electron chi connectivity index (χ0n) is 17.9. The van der Waals surface area contributed by atoms with Crippen LogP contribution in [0.4, 0.5) is 26.7 Å². The molecule has 1 heterocycles. The molecule has 1 aromatic rings. The van der Waals surface area contributed by atoms with Crippen LogP contribution in [0.3, 0.4) is 0 Å². The molecule has 4 atom stereocenters. The number of hydrogen-bond acceptors (Lipinski definition) is 3. The maximum Gasteiger partial charge on any atom is 0.419 e. The molecule has 0 spiro atoms. The third-order valence-corrected chi connectivity index (χ3v) is 6.13. The number of amides is 2. The van der Waals surface area contributed by atoms with E-state index in [0.29, 0.717) is 25.3 Å². The highest BCUT2D eigenvalue weighted by molar-refractivity contribution is 5.87. The summed E-state index contributed by atoms with van der Waals surface area (Å²) in [7, 11) is 0. The Hall–Kier alpha value is -2.39. The summed E-state index contributed by atoms with van der Waals surface area (Å²) in [6.07, 6.45) is -3.19. The Morgan fingerprint density at radius 1 is 1.09 bits per heavy atom. The van der Waals surface area contributed by atoms with E-state index in [-0.39, 0.29) is 29.5 Å². The van der Waals surface area contributed by atoms with Gasteiger partial charge in [0.1, 0.15) is 23.3 Å². The van der Waals surface area contributed by atoms with E-state index >= 15 is 0 Å². The van der Waals surface area contributed by atoms with Crippen LogP contribution in [0.25, 0.3) is 0 Å². The SMILES string of the molecule is CC(C)(C)OC(=O)N1[C@@H](C(=O)N[C@@H](c2cc(F)c(C(F)(F)F)cc2F)C2CC2)C[C@H]2C[C@H]21. The van der Waals surface area contributed by atoms with Crippen LogP contribution in [0.1, 0.15) is 63.6 Å². The zero-order valence-corrected chi connectivity index (χ0v) is 17.9. The largest absolute Gasteiger partial charge is 0.444 e. The van der Waals surface area contributed by atoms with Gasteiger partial charge in [0.25, 0.3) is 0 Å². The van der Waals surface area contributed by atoms with Gasteiger partial charge in [-0.25, -0.2) is 13.6 Å². The van der Waals surface area contributed by atoms with Crippen molar-refractivity contribution in [1.29, 1.82) is 0 Å². The molecule has 5 nitrogen and oxygen atoms in total. The van der Waals surface area contributed by atoms with Gasteiger partial charge in [0.2, 0.25) is 5.91 Å². The van der Waals surface area contributed by atoms with Crippen LogP contribution in [0.15, 0.2) is 12.1 Å². The molecular formula is C22H25F5N2O3. The second kappa shape index (κ2) is 7.59. The first kappa shape index (κ1) is 22.8. The number of hydrogen-bond donors (Lipinski definition) is 1. The van der Waals surface area contributed by atoms with Crippen LogP contribution in [-0.4, -0.2) is 34.6 Å². The minimum atomic E-state index is -5.03. The molecule has 0 bridgehead atoms. The molecule has 2 saturated carbocycles. The first-order chi connectivity index (χ1) is 14.8. The van der Waals surface area contributed by atoms with Gasteiger partial charge in [0.05, 0.1) is 11.6 Å². The molecule has 3 fully saturated rings. The number of likely N-dealkylation sites (tertiary alicyclic amines) is 1. The molecule has 2 amide bonds. The molecule has 0 radical (unpaired) electrons. The van der Waals surface area contributed by atoms with Crippen LogP contribution in [0, 0.1) is 23.5 Å². The van der Waals surface area contributed by atoms with E-state index in [4.69, 9.17) is 4.74 Å². The number of nitrogens with one attached hydrogen (secondary N) is 1. The Morgan fingerprint density at radius 2 is 1.75 bits per heavy atom. The number of fused-ring (bicyclic) bond motifs is 1. The minimum Gasteiger partial charge on any atom is -0.444 e. The molecule has 32 heavy (non-hydrogen) atoms. The minimum absolute atomic E-state index is 0.0970. The molecule has 1 N–H and O–H groups in total. The van der Waals surface area contributed by atoms with Crippen LogP contribution >= 0.6 is 0 Å². The van der Waals surface area contributed by atoms with Gasteiger partial charge in [0.15, 0.2) is 0 Å². The van der Waals surface area contributed by atoms with Crippen molar-refractivity contribution in [3.8, 4) is 0 Å². The Bertz CT molecular complexity index is 939.